The van der Waals surface area contributed by atoms with Gasteiger partial charge in [0, 0.05) is 6.42 Å². The van der Waals surface area contributed by atoms with Crippen LogP contribution in [-0.2, 0) is 9.59 Å². The molecule has 30 heavy (non-hydrogen) atoms. The van der Waals surface area contributed by atoms with Gasteiger partial charge in [0.1, 0.15) is 11.4 Å². The highest BCUT2D eigenvalue weighted by atomic mass is 16.5. The third-order valence-corrected chi connectivity index (χ3v) is 5.25. The van der Waals surface area contributed by atoms with Crippen molar-refractivity contribution in [1.82, 2.24) is 5.32 Å². The zero-order valence-electron chi connectivity index (χ0n) is 17.1. The van der Waals surface area contributed by atoms with Gasteiger partial charge in [0.2, 0.25) is 5.91 Å². The van der Waals surface area contributed by atoms with Crippen molar-refractivity contribution in [3.05, 3.63) is 59.8 Å². The Morgan fingerprint density at radius 2 is 1.73 bits per heavy atom. The number of amides is 1. The zero-order chi connectivity index (χ0) is 21.3. The van der Waals surface area contributed by atoms with Crippen LogP contribution < -0.4 is 14.8 Å². The highest BCUT2D eigenvalue weighted by Gasteiger charge is 2.17. The van der Waals surface area contributed by atoms with Gasteiger partial charge in [-0.05, 0) is 48.2 Å². The van der Waals surface area contributed by atoms with E-state index in [2.05, 4.69) is 5.32 Å². The molecule has 0 radical (unpaired) electrons. The van der Waals surface area contributed by atoms with E-state index in [9.17, 15) is 14.7 Å². The first kappa shape index (κ1) is 21.4. The fraction of sp³-hybridized carbons (Fsp3) is 0.333. The van der Waals surface area contributed by atoms with Crippen LogP contribution in [-0.4, -0.2) is 24.1 Å². The van der Waals surface area contributed by atoms with E-state index in [1.165, 1.54) is 18.9 Å². The Labute approximate surface area is 176 Å². The Morgan fingerprint density at radius 1 is 1.07 bits per heavy atom. The average molecular weight is 409 g/mol. The molecule has 2 aromatic carbocycles. The van der Waals surface area contributed by atoms with Crippen LogP contribution in [0, 0.1) is 5.92 Å². The molecule has 2 aromatic rings. The summed E-state index contributed by atoms with van der Waals surface area (Å²) in [5, 5.41) is 12.0. The fourth-order valence-corrected chi connectivity index (χ4v) is 3.63. The summed E-state index contributed by atoms with van der Waals surface area (Å²) >= 11 is 0. The Kier molecular flexibility index (Phi) is 7.49. The Bertz CT molecular complexity index is 898. The lowest BCUT2D eigenvalue weighted by Crippen LogP contribution is -2.27. The Morgan fingerprint density at radius 3 is 2.37 bits per heavy atom. The minimum atomic E-state index is -1.17. The van der Waals surface area contributed by atoms with Crippen LogP contribution in [0.15, 0.2) is 54.2 Å². The van der Waals surface area contributed by atoms with Crippen LogP contribution in [0.1, 0.15) is 44.1 Å². The van der Waals surface area contributed by atoms with Gasteiger partial charge in [-0.2, -0.15) is 0 Å². The number of aliphatic carboxylic acids is 1. The number of carboxylic acids is 1. The second-order valence-corrected chi connectivity index (χ2v) is 7.42. The monoisotopic (exact) mass is 409 g/mol. The number of methoxy groups -OCH3 is 1. The van der Waals surface area contributed by atoms with Crippen LogP contribution in [0.5, 0.6) is 17.2 Å². The van der Waals surface area contributed by atoms with E-state index in [1.54, 1.807) is 43.5 Å². The van der Waals surface area contributed by atoms with E-state index in [0.29, 0.717) is 35.2 Å². The van der Waals surface area contributed by atoms with Crippen molar-refractivity contribution in [2.45, 2.75) is 38.5 Å². The molecule has 1 fully saturated rings. The van der Waals surface area contributed by atoms with Gasteiger partial charge in [0.15, 0.2) is 11.5 Å². The molecule has 1 amide bonds. The molecule has 0 aliphatic heterocycles. The van der Waals surface area contributed by atoms with Gasteiger partial charge in [-0.25, -0.2) is 4.79 Å². The van der Waals surface area contributed by atoms with E-state index >= 15 is 0 Å². The summed E-state index contributed by atoms with van der Waals surface area (Å²) in [5.41, 5.74) is 0.515. The maximum absolute atomic E-state index is 12.2. The van der Waals surface area contributed by atoms with Crippen LogP contribution in [0.2, 0.25) is 0 Å². The molecule has 1 saturated carbocycles. The number of hydrogen-bond donors (Lipinski definition) is 2. The smallest absolute Gasteiger partial charge is 0.352 e. The van der Waals surface area contributed by atoms with Gasteiger partial charge >= 0.3 is 5.97 Å². The number of para-hydroxylation sites is 2. The summed E-state index contributed by atoms with van der Waals surface area (Å²) in [6.07, 6.45) is 7.39. The lowest BCUT2D eigenvalue weighted by Gasteiger charge is -2.11. The van der Waals surface area contributed by atoms with Gasteiger partial charge in [-0.15, -0.1) is 0 Å². The van der Waals surface area contributed by atoms with Crippen molar-refractivity contribution in [2.24, 2.45) is 5.92 Å². The maximum atomic E-state index is 12.2. The normalized spacial score (nSPS) is 14.4. The summed E-state index contributed by atoms with van der Waals surface area (Å²) in [6.45, 7) is 0. The van der Waals surface area contributed by atoms with Gasteiger partial charge in [0.05, 0.1) is 7.11 Å². The maximum Gasteiger partial charge on any atom is 0.352 e. The molecule has 6 heteroatoms. The standard InChI is InChI=1S/C24H27NO5/c1-29-21-8-4-5-9-22(21)30-19-13-10-18(11-14-19)16-20(24(27)28)25-23(26)15-12-17-6-2-3-7-17/h4-5,8-11,13-14,16-17H,2-3,6-7,12,15H2,1H3,(H,25,26)(H,27,28)/b20-16+. The minimum Gasteiger partial charge on any atom is -0.493 e. The lowest BCUT2D eigenvalue weighted by atomic mass is 10.0. The van der Waals surface area contributed by atoms with Gasteiger partial charge in [-0.3, -0.25) is 4.79 Å². The summed E-state index contributed by atoms with van der Waals surface area (Å²) in [7, 11) is 1.57. The van der Waals surface area contributed by atoms with E-state index < -0.39 is 5.97 Å². The van der Waals surface area contributed by atoms with Crippen LogP contribution in [0.4, 0.5) is 0 Å². The predicted octanol–water partition coefficient (Wildman–Crippen LogP) is 5.00. The fourth-order valence-electron chi connectivity index (χ4n) is 3.63. The highest BCUT2D eigenvalue weighted by molar-refractivity contribution is 5.96. The van der Waals surface area contributed by atoms with Crippen molar-refractivity contribution < 1.29 is 24.2 Å². The summed E-state index contributed by atoms with van der Waals surface area (Å²) in [5.74, 6) is 0.960. The topological polar surface area (TPSA) is 84.9 Å². The molecule has 0 heterocycles. The molecular weight excluding hydrogens is 382 g/mol. The Hall–Kier alpha value is -3.28. The van der Waals surface area contributed by atoms with Crippen molar-refractivity contribution in [3.8, 4) is 17.2 Å². The van der Waals surface area contributed by atoms with Gasteiger partial charge in [-0.1, -0.05) is 49.9 Å². The Balaban J connectivity index is 1.62. The zero-order valence-corrected chi connectivity index (χ0v) is 17.1. The van der Waals surface area contributed by atoms with E-state index in [0.717, 1.165) is 19.3 Å². The minimum absolute atomic E-state index is 0.134. The van der Waals surface area contributed by atoms with E-state index in [-0.39, 0.29) is 11.6 Å². The van der Waals surface area contributed by atoms with Crippen LogP contribution >= 0.6 is 0 Å². The first-order valence-electron chi connectivity index (χ1n) is 10.2. The molecule has 158 valence electrons. The molecule has 1 aliphatic carbocycles. The first-order valence-corrected chi connectivity index (χ1v) is 10.2. The largest absolute Gasteiger partial charge is 0.493 e. The third-order valence-electron chi connectivity index (χ3n) is 5.25. The number of ether oxygens (including phenoxy) is 2. The second-order valence-electron chi connectivity index (χ2n) is 7.42. The molecule has 0 bridgehead atoms. The number of carbonyl (C=O) groups is 2. The van der Waals surface area contributed by atoms with Crippen molar-refractivity contribution in [3.63, 3.8) is 0 Å². The van der Waals surface area contributed by atoms with Crippen LogP contribution in [0.3, 0.4) is 0 Å². The molecule has 0 spiro atoms. The molecule has 2 N–H and O–H groups in total. The van der Waals surface area contributed by atoms with Crippen LogP contribution in [0.25, 0.3) is 6.08 Å². The number of benzene rings is 2. The molecule has 6 nitrogen and oxygen atoms in total. The molecular formula is C24H27NO5. The van der Waals surface area contributed by atoms with Crippen molar-refractivity contribution in [1.29, 1.82) is 0 Å². The average Bonchev–Trinajstić information content (AvgIpc) is 3.27. The van der Waals surface area contributed by atoms with Crippen molar-refractivity contribution in [2.75, 3.05) is 7.11 Å². The first-order chi connectivity index (χ1) is 14.5. The van der Waals surface area contributed by atoms with Gasteiger partial charge in [0.25, 0.3) is 0 Å². The predicted molar refractivity (Wildman–Crippen MR) is 114 cm³/mol. The molecule has 0 atom stereocenters. The van der Waals surface area contributed by atoms with Crippen molar-refractivity contribution >= 4 is 18.0 Å². The molecule has 1 aliphatic rings. The summed E-state index contributed by atoms with van der Waals surface area (Å²) < 4.78 is 11.1. The third kappa shape index (κ3) is 6.11. The number of carboxylic acid groups (broad SMARTS) is 1. The van der Waals surface area contributed by atoms with Gasteiger partial charge < -0.3 is 19.9 Å². The highest BCUT2D eigenvalue weighted by Crippen LogP contribution is 2.31. The van der Waals surface area contributed by atoms with E-state index in [4.69, 9.17) is 9.47 Å². The molecule has 0 saturated heterocycles. The quantitative estimate of drug-likeness (QED) is 0.569. The molecule has 3 rings (SSSR count). The van der Waals surface area contributed by atoms with E-state index in [1.807, 2.05) is 12.1 Å². The number of nitrogens with one attached hydrogen (secondary N) is 1. The SMILES string of the molecule is COc1ccccc1Oc1ccc(/C=C(/NC(=O)CCC2CCCC2)C(=O)O)cc1. The lowest BCUT2D eigenvalue weighted by molar-refractivity contribution is -0.134. The molecule has 0 unspecified atom stereocenters. The molecule has 0 aromatic heterocycles. The number of rotatable bonds is 9. The summed E-state index contributed by atoms with van der Waals surface area (Å²) in [6, 6.07) is 14.3. The number of hydrogen-bond acceptors (Lipinski definition) is 4. The number of carbonyl (C=O) groups excluding carboxylic acids is 1. The second kappa shape index (κ2) is 10.5. The summed E-state index contributed by atoms with van der Waals surface area (Å²) in [4.78, 5) is 23.7.